The summed E-state index contributed by atoms with van der Waals surface area (Å²) in [5.41, 5.74) is -5.57. The highest BCUT2D eigenvalue weighted by molar-refractivity contribution is 5.90. The summed E-state index contributed by atoms with van der Waals surface area (Å²) < 4.78 is 43.0. The molecule has 2 aromatic carbocycles. The van der Waals surface area contributed by atoms with E-state index in [0.717, 1.165) is 0 Å². The summed E-state index contributed by atoms with van der Waals surface area (Å²) >= 11 is 0. The van der Waals surface area contributed by atoms with Gasteiger partial charge in [0.2, 0.25) is 0 Å². The SMILES string of the molecule is CO[C@H]1[C@@H](O)[C@H](O[C@H]2[C@@H](O)C[C@H](O[C@H]3CC[C@@]4(C)[C@@H](CC[C@]5(O)[C@@H]4[C@H](OC(=O)c4ccccc4)[C@@H](OC(=O)c4ccccc4)[C@]4(C)[C@@H](C(C)=O)CC[C@@]45O)C3)O[C@@H]2C)O[C@H](C)[C@H]1O. The maximum Gasteiger partial charge on any atom is 0.338 e. The first-order valence-electron chi connectivity index (χ1n) is 22.5. The van der Waals surface area contributed by atoms with Gasteiger partial charge in [0.05, 0.1) is 35.5 Å². The van der Waals surface area contributed by atoms with Crippen molar-refractivity contribution in [3.05, 3.63) is 71.8 Å². The van der Waals surface area contributed by atoms with E-state index < -0.39 is 113 Å². The van der Waals surface area contributed by atoms with E-state index in [4.69, 9.17) is 33.2 Å². The first kappa shape index (κ1) is 46.2. The van der Waals surface area contributed by atoms with Crippen LogP contribution in [0.1, 0.15) is 107 Å². The number of benzene rings is 2. The number of carbonyl (C=O) groups is 3. The van der Waals surface area contributed by atoms with Crippen LogP contribution in [-0.4, -0.2) is 135 Å². The van der Waals surface area contributed by atoms with Gasteiger partial charge in [-0.1, -0.05) is 50.2 Å². The Kier molecular flexibility index (Phi) is 12.8. The topological polar surface area (TPSA) is 217 Å². The molecule has 6 fully saturated rings. The Morgan fingerprint density at radius 1 is 0.714 bits per heavy atom. The zero-order valence-electron chi connectivity index (χ0n) is 36.9. The van der Waals surface area contributed by atoms with Gasteiger partial charge in [-0.15, -0.1) is 0 Å². The number of methoxy groups -OCH3 is 1. The molecule has 0 radical (unpaired) electrons. The fraction of sp³-hybridized carbons (Fsp3) is 0.688. The summed E-state index contributed by atoms with van der Waals surface area (Å²) in [5, 5.41) is 59.2. The highest BCUT2D eigenvalue weighted by atomic mass is 16.7. The van der Waals surface area contributed by atoms with E-state index in [1.165, 1.54) is 14.0 Å². The maximum absolute atomic E-state index is 14.2. The number of rotatable bonds is 10. The summed E-state index contributed by atoms with van der Waals surface area (Å²) in [5.74, 6) is -3.48. The van der Waals surface area contributed by atoms with Crippen molar-refractivity contribution in [2.24, 2.45) is 28.6 Å². The molecule has 0 amide bonds. The Labute approximate surface area is 368 Å². The number of ketones is 1. The number of ether oxygens (including phenoxy) is 7. The summed E-state index contributed by atoms with van der Waals surface area (Å²) in [6, 6.07) is 16.8. The summed E-state index contributed by atoms with van der Waals surface area (Å²) in [4.78, 5) is 41.9. The molecule has 4 saturated carbocycles. The minimum Gasteiger partial charge on any atom is -0.454 e. The van der Waals surface area contributed by atoms with Crippen LogP contribution in [0.2, 0.25) is 0 Å². The quantitative estimate of drug-likeness (QED) is 0.169. The summed E-state index contributed by atoms with van der Waals surface area (Å²) in [6.07, 6.45) is -9.02. The molecule has 63 heavy (non-hydrogen) atoms. The molecular weight excluding hydrogens is 817 g/mol. The van der Waals surface area contributed by atoms with E-state index in [-0.39, 0.29) is 54.6 Å². The number of Topliss-reactive ketones (excluding diaryl/α,β-unsaturated/α-hetero) is 1. The Balaban J connectivity index is 1.06. The van der Waals surface area contributed by atoms with E-state index in [9.17, 15) is 39.9 Å². The number of hydrogen-bond donors (Lipinski definition) is 5. The number of esters is 2. The summed E-state index contributed by atoms with van der Waals surface area (Å²) in [6.45, 7) is 8.58. The third-order valence-electron chi connectivity index (χ3n) is 16.2. The number of fused-ring (bicyclic) bond motifs is 5. The minimum absolute atomic E-state index is 0.0689. The third-order valence-corrected chi connectivity index (χ3v) is 16.2. The smallest absolute Gasteiger partial charge is 0.338 e. The van der Waals surface area contributed by atoms with Crippen LogP contribution in [0.5, 0.6) is 0 Å². The maximum atomic E-state index is 14.2. The first-order valence-corrected chi connectivity index (χ1v) is 22.5. The van der Waals surface area contributed by atoms with Crippen LogP contribution < -0.4 is 0 Å². The van der Waals surface area contributed by atoms with Crippen LogP contribution in [0.3, 0.4) is 0 Å². The van der Waals surface area contributed by atoms with Crippen LogP contribution in [0.25, 0.3) is 0 Å². The Bertz CT molecular complexity index is 1960. The lowest BCUT2D eigenvalue weighted by atomic mass is 9.39. The zero-order chi connectivity index (χ0) is 45.2. The molecule has 19 atom stereocenters. The van der Waals surface area contributed by atoms with Crippen molar-refractivity contribution in [3.8, 4) is 0 Å². The molecule has 2 aliphatic heterocycles. The average Bonchev–Trinajstić information content (AvgIpc) is 3.55. The lowest BCUT2D eigenvalue weighted by molar-refractivity contribution is -0.350. The fourth-order valence-corrected chi connectivity index (χ4v) is 12.9. The third kappa shape index (κ3) is 7.67. The molecule has 5 N–H and O–H groups in total. The second-order valence-electron chi connectivity index (χ2n) is 19.5. The monoisotopic (exact) mass is 880 g/mol. The second-order valence-corrected chi connectivity index (χ2v) is 19.5. The molecule has 2 heterocycles. The number of carbonyl (C=O) groups excluding carboxylic acids is 3. The predicted octanol–water partition coefficient (Wildman–Crippen LogP) is 3.88. The highest BCUT2D eigenvalue weighted by Gasteiger charge is 2.81. The number of aliphatic hydroxyl groups excluding tert-OH is 3. The van der Waals surface area contributed by atoms with Crippen molar-refractivity contribution in [2.45, 2.75) is 171 Å². The minimum atomic E-state index is -1.90. The van der Waals surface area contributed by atoms with Crippen molar-refractivity contribution in [1.82, 2.24) is 0 Å². The lowest BCUT2D eigenvalue weighted by Crippen LogP contribution is -2.81. The van der Waals surface area contributed by atoms with Crippen LogP contribution in [0.4, 0.5) is 0 Å². The molecule has 0 unspecified atom stereocenters. The Morgan fingerprint density at radius 3 is 1.95 bits per heavy atom. The number of aliphatic hydroxyl groups is 5. The van der Waals surface area contributed by atoms with E-state index in [0.29, 0.717) is 25.7 Å². The van der Waals surface area contributed by atoms with Crippen molar-refractivity contribution < 1.29 is 73.1 Å². The van der Waals surface area contributed by atoms with Gasteiger partial charge in [0.15, 0.2) is 12.6 Å². The molecule has 2 aromatic rings. The van der Waals surface area contributed by atoms with Crippen LogP contribution in [0.15, 0.2) is 60.7 Å². The lowest BCUT2D eigenvalue weighted by Gasteiger charge is -2.69. The molecule has 15 heteroatoms. The highest BCUT2D eigenvalue weighted by Crippen LogP contribution is 2.71. The number of hydrogen-bond acceptors (Lipinski definition) is 15. The van der Waals surface area contributed by atoms with Gasteiger partial charge in [0.1, 0.15) is 53.6 Å². The molecule has 15 nitrogen and oxygen atoms in total. The first-order chi connectivity index (χ1) is 29.9. The summed E-state index contributed by atoms with van der Waals surface area (Å²) in [7, 11) is 1.38. The molecule has 2 saturated heterocycles. The van der Waals surface area contributed by atoms with E-state index in [1.54, 1.807) is 81.4 Å². The molecular formula is C48H64O15. The van der Waals surface area contributed by atoms with Gasteiger partial charge >= 0.3 is 11.9 Å². The van der Waals surface area contributed by atoms with Gasteiger partial charge in [-0.05, 0) is 101 Å². The van der Waals surface area contributed by atoms with Gasteiger partial charge in [0.25, 0.3) is 0 Å². The second kappa shape index (κ2) is 17.5. The average molecular weight is 881 g/mol. The predicted molar refractivity (Wildman–Crippen MR) is 223 cm³/mol. The van der Waals surface area contributed by atoms with E-state index >= 15 is 0 Å². The molecule has 4 aliphatic carbocycles. The normalized spacial score (nSPS) is 45.9. The largest absolute Gasteiger partial charge is 0.454 e. The standard InChI is InChI=1S/C48H64O15/c1-25(49)32-19-22-48(56)46(32,5)41(63-43(54)29-15-11-8-12-16-29)39(61-42(53)28-13-9-7-10-14-28)40-45(4)20-18-31(23-30(45)17-21-47(40,48)55)60-34-24-33(50)37(27(3)58-34)62-44-36(52)38(57-6)35(51)26(2)59-44/h7-16,26-27,30-41,44,50-52,55-56H,17-24H2,1-6H3/t26-,27-,30+,31+,32-,33+,34+,35-,36-,37-,38-,39+,40-,41-,44+,45+,46+,47+,48-/m1/s1. The van der Waals surface area contributed by atoms with Gasteiger partial charge < -0.3 is 58.7 Å². The van der Waals surface area contributed by atoms with Crippen molar-refractivity contribution in [3.63, 3.8) is 0 Å². The van der Waals surface area contributed by atoms with Gasteiger partial charge in [-0.3, -0.25) is 4.79 Å². The fourth-order valence-electron chi connectivity index (χ4n) is 12.9. The van der Waals surface area contributed by atoms with Crippen molar-refractivity contribution in [1.29, 1.82) is 0 Å². The Morgan fingerprint density at radius 2 is 1.35 bits per heavy atom. The van der Waals surface area contributed by atoms with Crippen LogP contribution in [0, 0.1) is 28.6 Å². The van der Waals surface area contributed by atoms with E-state index in [1.807, 2.05) is 6.92 Å². The van der Waals surface area contributed by atoms with Crippen LogP contribution in [-0.2, 0) is 38.0 Å². The van der Waals surface area contributed by atoms with E-state index in [2.05, 4.69) is 0 Å². The molecule has 0 bridgehead atoms. The van der Waals surface area contributed by atoms with Crippen molar-refractivity contribution >= 4 is 17.7 Å². The molecule has 8 rings (SSSR count). The Hall–Kier alpha value is -3.35. The van der Waals surface area contributed by atoms with Crippen LogP contribution >= 0.6 is 0 Å². The zero-order valence-corrected chi connectivity index (χ0v) is 36.9. The van der Waals surface area contributed by atoms with Crippen molar-refractivity contribution in [2.75, 3.05) is 7.11 Å². The van der Waals surface area contributed by atoms with Gasteiger partial charge in [-0.25, -0.2) is 9.59 Å². The molecule has 0 spiro atoms. The van der Waals surface area contributed by atoms with Gasteiger partial charge in [0, 0.05) is 30.8 Å². The van der Waals surface area contributed by atoms with Gasteiger partial charge in [-0.2, -0.15) is 0 Å². The molecule has 6 aliphatic rings. The molecule has 0 aromatic heterocycles. The molecule has 346 valence electrons.